The number of aromatic nitrogens is 6. The molecule has 0 spiro atoms. The Morgan fingerprint density at radius 1 is 1.06 bits per heavy atom. The van der Waals surface area contributed by atoms with Crippen molar-refractivity contribution in [2.24, 2.45) is 0 Å². The zero-order valence-electron chi connectivity index (χ0n) is 17.0. The normalized spacial score (nSPS) is 11.2. The van der Waals surface area contributed by atoms with Crippen molar-refractivity contribution < 1.29 is 13.6 Å². The standard InChI is InChI=1S/C22H14ClF2N7O/c1-12-7-19(29-22(33)16-6-5-14(24)9-18(16)25)32(30-12)21-17-10-28-31(20(17)26-11-27-21)15-4-2-3-13(23)8-15/h2-11H,1H3,(H,29,33). The number of nitrogens with one attached hydrogen (secondary N) is 1. The maximum Gasteiger partial charge on any atom is 0.259 e. The Morgan fingerprint density at radius 3 is 2.70 bits per heavy atom. The molecule has 0 unspecified atom stereocenters. The highest BCUT2D eigenvalue weighted by Gasteiger charge is 2.19. The molecule has 11 heteroatoms. The van der Waals surface area contributed by atoms with E-state index in [0.717, 1.165) is 12.1 Å². The van der Waals surface area contributed by atoms with Crippen LogP contribution in [0.5, 0.6) is 0 Å². The first kappa shape index (κ1) is 20.7. The second kappa shape index (κ2) is 8.06. The predicted octanol–water partition coefficient (Wildman–Crippen LogP) is 4.49. The number of rotatable bonds is 4. The number of anilines is 1. The Kier molecular flexibility index (Phi) is 5.06. The minimum absolute atomic E-state index is 0.247. The number of carbonyl (C=O) groups excluding carboxylic acids is 1. The fourth-order valence-electron chi connectivity index (χ4n) is 3.40. The van der Waals surface area contributed by atoms with Crippen LogP contribution in [-0.2, 0) is 0 Å². The van der Waals surface area contributed by atoms with E-state index in [1.807, 2.05) is 6.07 Å². The summed E-state index contributed by atoms with van der Waals surface area (Å²) in [4.78, 5) is 21.3. The van der Waals surface area contributed by atoms with Crippen LogP contribution in [0.3, 0.4) is 0 Å². The van der Waals surface area contributed by atoms with Crippen molar-refractivity contribution in [3.05, 3.63) is 89.0 Å². The molecule has 5 aromatic rings. The number of carbonyl (C=O) groups is 1. The van der Waals surface area contributed by atoms with Crippen molar-refractivity contribution in [2.75, 3.05) is 5.32 Å². The van der Waals surface area contributed by atoms with E-state index in [9.17, 15) is 13.6 Å². The Balaban J connectivity index is 1.57. The first-order valence-electron chi connectivity index (χ1n) is 9.69. The summed E-state index contributed by atoms with van der Waals surface area (Å²) in [7, 11) is 0. The maximum atomic E-state index is 14.1. The fraction of sp³-hybridized carbons (Fsp3) is 0.0455. The Labute approximate surface area is 190 Å². The molecule has 0 bridgehead atoms. The van der Waals surface area contributed by atoms with Gasteiger partial charge in [-0.05, 0) is 37.3 Å². The molecule has 0 aliphatic rings. The molecule has 3 heterocycles. The molecule has 0 aliphatic heterocycles. The van der Waals surface area contributed by atoms with E-state index < -0.39 is 17.5 Å². The van der Waals surface area contributed by atoms with E-state index in [2.05, 4.69) is 25.5 Å². The summed E-state index contributed by atoms with van der Waals surface area (Å²) < 4.78 is 30.3. The first-order valence-corrected chi connectivity index (χ1v) is 10.1. The van der Waals surface area contributed by atoms with E-state index in [1.54, 1.807) is 42.1 Å². The molecule has 33 heavy (non-hydrogen) atoms. The number of fused-ring (bicyclic) bond motifs is 1. The van der Waals surface area contributed by atoms with Crippen LogP contribution in [0.15, 0.2) is 61.1 Å². The van der Waals surface area contributed by atoms with Crippen molar-refractivity contribution >= 4 is 34.4 Å². The summed E-state index contributed by atoms with van der Waals surface area (Å²) in [6.07, 6.45) is 2.93. The molecule has 0 radical (unpaired) electrons. The van der Waals surface area contributed by atoms with Gasteiger partial charge in [0.1, 0.15) is 23.8 Å². The van der Waals surface area contributed by atoms with Crippen LogP contribution in [0.4, 0.5) is 14.6 Å². The molecule has 164 valence electrons. The highest BCUT2D eigenvalue weighted by Crippen LogP contribution is 2.25. The van der Waals surface area contributed by atoms with Gasteiger partial charge >= 0.3 is 0 Å². The molecule has 8 nitrogen and oxygen atoms in total. The third-order valence-electron chi connectivity index (χ3n) is 4.85. The van der Waals surface area contributed by atoms with Crippen LogP contribution >= 0.6 is 11.6 Å². The van der Waals surface area contributed by atoms with Gasteiger partial charge in [-0.1, -0.05) is 17.7 Å². The zero-order valence-corrected chi connectivity index (χ0v) is 17.8. The third kappa shape index (κ3) is 3.80. The average Bonchev–Trinajstić information content (AvgIpc) is 3.37. The molecule has 2 aromatic carbocycles. The average molecular weight is 466 g/mol. The molecule has 5 rings (SSSR count). The van der Waals surface area contributed by atoms with E-state index in [-0.39, 0.29) is 11.4 Å². The SMILES string of the molecule is Cc1cc(NC(=O)c2ccc(F)cc2F)n(-c2ncnc3c2cnn3-c2cccc(Cl)c2)n1. The number of hydrogen-bond acceptors (Lipinski definition) is 5. The van der Waals surface area contributed by atoms with Crippen molar-refractivity contribution in [1.82, 2.24) is 29.5 Å². The van der Waals surface area contributed by atoms with Crippen LogP contribution in [0.2, 0.25) is 5.02 Å². The molecule has 0 fully saturated rings. The monoisotopic (exact) mass is 465 g/mol. The van der Waals surface area contributed by atoms with Crippen molar-refractivity contribution in [3.63, 3.8) is 0 Å². The van der Waals surface area contributed by atoms with Gasteiger partial charge in [-0.3, -0.25) is 4.79 Å². The highest BCUT2D eigenvalue weighted by atomic mass is 35.5. The van der Waals surface area contributed by atoms with E-state index >= 15 is 0 Å². The van der Waals surface area contributed by atoms with E-state index in [4.69, 9.17) is 11.6 Å². The lowest BCUT2D eigenvalue weighted by Gasteiger charge is -2.10. The number of aryl methyl sites for hydroxylation is 1. The van der Waals surface area contributed by atoms with Gasteiger partial charge in [0, 0.05) is 17.2 Å². The summed E-state index contributed by atoms with van der Waals surface area (Å²) in [6.45, 7) is 1.73. The molecular weight excluding hydrogens is 452 g/mol. The lowest BCUT2D eigenvalue weighted by molar-refractivity contribution is 0.102. The Morgan fingerprint density at radius 2 is 1.91 bits per heavy atom. The summed E-state index contributed by atoms with van der Waals surface area (Å²) >= 11 is 6.11. The largest absolute Gasteiger partial charge is 0.306 e. The molecule has 0 atom stereocenters. The second-order valence-corrected chi connectivity index (χ2v) is 7.57. The Bertz CT molecular complexity index is 1530. The van der Waals surface area contributed by atoms with Gasteiger partial charge in [0.15, 0.2) is 11.5 Å². The smallest absolute Gasteiger partial charge is 0.259 e. The van der Waals surface area contributed by atoms with Crippen molar-refractivity contribution in [2.45, 2.75) is 6.92 Å². The third-order valence-corrected chi connectivity index (χ3v) is 5.08. The van der Waals surface area contributed by atoms with Crippen molar-refractivity contribution in [3.8, 4) is 11.5 Å². The first-order chi connectivity index (χ1) is 15.9. The van der Waals surface area contributed by atoms with Gasteiger partial charge in [0.25, 0.3) is 5.91 Å². The summed E-state index contributed by atoms with van der Waals surface area (Å²) in [6, 6.07) is 11.5. The van der Waals surface area contributed by atoms with Crippen LogP contribution in [0, 0.1) is 18.6 Å². The van der Waals surface area contributed by atoms with Gasteiger partial charge in [0.2, 0.25) is 0 Å². The molecule has 0 aliphatic carbocycles. The maximum absolute atomic E-state index is 14.1. The summed E-state index contributed by atoms with van der Waals surface area (Å²) in [5, 5.41) is 12.5. The van der Waals surface area contributed by atoms with Gasteiger partial charge in [0.05, 0.1) is 28.5 Å². The van der Waals surface area contributed by atoms with Gasteiger partial charge in [-0.15, -0.1) is 0 Å². The minimum Gasteiger partial charge on any atom is -0.306 e. The topological polar surface area (TPSA) is 90.5 Å². The fourth-order valence-corrected chi connectivity index (χ4v) is 3.59. The number of amides is 1. The van der Waals surface area contributed by atoms with E-state index in [0.29, 0.717) is 39.3 Å². The van der Waals surface area contributed by atoms with Crippen LogP contribution in [-0.4, -0.2) is 35.4 Å². The molecule has 1 N–H and O–H groups in total. The second-order valence-electron chi connectivity index (χ2n) is 7.13. The van der Waals surface area contributed by atoms with E-state index in [1.165, 1.54) is 11.0 Å². The summed E-state index contributed by atoms with van der Waals surface area (Å²) in [5.74, 6) is -1.89. The Hall–Kier alpha value is -4.18. The van der Waals surface area contributed by atoms with Crippen molar-refractivity contribution in [1.29, 1.82) is 0 Å². The molecule has 3 aromatic heterocycles. The van der Waals surface area contributed by atoms with Gasteiger partial charge in [-0.2, -0.15) is 14.9 Å². The predicted molar refractivity (Wildman–Crippen MR) is 118 cm³/mol. The van der Waals surface area contributed by atoms with Gasteiger partial charge < -0.3 is 5.32 Å². The summed E-state index contributed by atoms with van der Waals surface area (Å²) in [5.41, 5.74) is 1.48. The number of hydrogen-bond donors (Lipinski definition) is 1. The van der Waals surface area contributed by atoms with Gasteiger partial charge in [-0.25, -0.2) is 23.4 Å². The molecular formula is C22H14ClF2N7O. The number of nitrogens with zero attached hydrogens (tertiary/aromatic N) is 6. The van der Waals surface area contributed by atoms with Crippen LogP contribution < -0.4 is 5.32 Å². The molecule has 0 saturated heterocycles. The minimum atomic E-state index is -0.970. The number of halogens is 3. The lowest BCUT2D eigenvalue weighted by Crippen LogP contribution is -2.17. The van der Waals surface area contributed by atoms with Crippen LogP contribution in [0.25, 0.3) is 22.5 Å². The van der Waals surface area contributed by atoms with Crippen LogP contribution in [0.1, 0.15) is 16.1 Å². The highest BCUT2D eigenvalue weighted by molar-refractivity contribution is 6.30. The quantitative estimate of drug-likeness (QED) is 0.422. The number of benzene rings is 2. The zero-order chi connectivity index (χ0) is 23.1. The lowest BCUT2D eigenvalue weighted by atomic mass is 10.2. The molecule has 1 amide bonds. The molecule has 0 saturated carbocycles.